The molecule has 3 aliphatic rings. The summed E-state index contributed by atoms with van der Waals surface area (Å²) in [5.41, 5.74) is 5.41. The molecule has 2 amide bonds. The second kappa shape index (κ2) is 9.40. The smallest absolute Gasteiger partial charge is 0.242 e. The first-order valence-corrected chi connectivity index (χ1v) is 9.06. The van der Waals surface area contributed by atoms with Crippen molar-refractivity contribution in [3.8, 4) is 0 Å². The highest BCUT2D eigenvalue weighted by Crippen LogP contribution is 2.34. The van der Waals surface area contributed by atoms with E-state index in [1.165, 1.54) is 12.8 Å². The van der Waals surface area contributed by atoms with Gasteiger partial charge < -0.3 is 16.0 Å². The van der Waals surface area contributed by atoms with E-state index in [1.54, 1.807) is 0 Å². The minimum absolute atomic E-state index is 0. The predicted octanol–water partition coefficient (Wildman–Crippen LogP) is 1.16. The predicted molar refractivity (Wildman–Crippen MR) is 103 cm³/mol. The first-order valence-electron chi connectivity index (χ1n) is 9.06. The molecule has 0 bridgehead atoms. The number of piperazine rings is 1. The number of carbonyl (C=O) groups excluding carboxylic acids is 2. The van der Waals surface area contributed by atoms with E-state index in [0.717, 1.165) is 44.7 Å². The van der Waals surface area contributed by atoms with E-state index < -0.39 is 5.54 Å². The van der Waals surface area contributed by atoms with Gasteiger partial charge in [0.2, 0.25) is 11.8 Å². The van der Waals surface area contributed by atoms with Gasteiger partial charge in [0, 0.05) is 32.2 Å². The number of rotatable bonds is 4. The standard InChI is InChI=1S/C17H30N4O2.2ClH/c1-13-3-2-4-14(11-13)19-15(22)12-20-7-9-21(10-8-20)16(23)17(18)5-6-17;;/h13-14H,2-12,18H2,1H3,(H,19,22);2*1H. The van der Waals surface area contributed by atoms with E-state index in [-0.39, 0.29) is 36.6 Å². The highest BCUT2D eigenvalue weighted by Gasteiger charge is 2.48. The average molecular weight is 395 g/mol. The maximum atomic E-state index is 12.2. The van der Waals surface area contributed by atoms with Crippen molar-refractivity contribution in [2.24, 2.45) is 11.7 Å². The Morgan fingerprint density at radius 2 is 1.76 bits per heavy atom. The van der Waals surface area contributed by atoms with Crippen molar-refractivity contribution in [2.45, 2.75) is 57.0 Å². The molecular formula is C17H32Cl2N4O2. The fourth-order valence-corrected chi connectivity index (χ4v) is 3.81. The Bertz CT molecular complexity index is 466. The van der Waals surface area contributed by atoms with Crippen LogP contribution in [0, 0.1) is 5.92 Å². The van der Waals surface area contributed by atoms with Crippen molar-refractivity contribution in [2.75, 3.05) is 32.7 Å². The summed E-state index contributed by atoms with van der Waals surface area (Å²) in [5.74, 6) is 0.939. The molecule has 1 heterocycles. The van der Waals surface area contributed by atoms with Crippen molar-refractivity contribution in [1.29, 1.82) is 0 Å². The Hall–Kier alpha value is -0.560. The summed E-state index contributed by atoms with van der Waals surface area (Å²) in [6.45, 7) is 5.60. The summed E-state index contributed by atoms with van der Waals surface area (Å²) in [6.07, 6.45) is 6.34. The lowest BCUT2D eigenvalue weighted by atomic mass is 9.87. The SMILES string of the molecule is CC1CCCC(NC(=O)CN2CCN(C(=O)C3(N)CC3)CC2)C1.Cl.Cl. The topological polar surface area (TPSA) is 78.7 Å². The van der Waals surface area contributed by atoms with Gasteiger partial charge in [0.15, 0.2) is 0 Å². The Kier molecular flexibility index (Phi) is 8.45. The molecule has 0 aromatic carbocycles. The fraction of sp³-hybridized carbons (Fsp3) is 0.882. The van der Waals surface area contributed by atoms with Crippen molar-refractivity contribution in [3.05, 3.63) is 0 Å². The van der Waals surface area contributed by atoms with Crippen LogP contribution in [0.3, 0.4) is 0 Å². The molecule has 6 nitrogen and oxygen atoms in total. The van der Waals surface area contributed by atoms with Gasteiger partial charge in [-0.1, -0.05) is 19.8 Å². The minimum Gasteiger partial charge on any atom is -0.352 e. The summed E-state index contributed by atoms with van der Waals surface area (Å²) in [7, 11) is 0. The molecule has 0 aromatic heterocycles. The molecule has 0 spiro atoms. The second-order valence-corrected chi connectivity index (χ2v) is 7.76. The number of halogens is 2. The highest BCUT2D eigenvalue weighted by molar-refractivity contribution is 5.89. The van der Waals surface area contributed by atoms with E-state index in [4.69, 9.17) is 5.73 Å². The minimum atomic E-state index is -0.572. The van der Waals surface area contributed by atoms with Gasteiger partial charge in [-0.2, -0.15) is 0 Å². The second-order valence-electron chi connectivity index (χ2n) is 7.76. The maximum absolute atomic E-state index is 12.2. The zero-order valence-electron chi connectivity index (χ0n) is 15.0. The number of hydrogen-bond donors (Lipinski definition) is 2. The molecule has 2 atom stereocenters. The van der Waals surface area contributed by atoms with Crippen LogP contribution in [0.5, 0.6) is 0 Å². The number of nitrogens with zero attached hydrogens (tertiary/aromatic N) is 2. The molecule has 0 aromatic rings. The first-order chi connectivity index (χ1) is 11.0. The summed E-state index contributed by atoms with van der Waals surface area (Å²) < 4.78 is 0. The van der Waals surface area contributed by atoms with Crippen LogP contribution in [0.25, 0.3) is 0 Å². The Morgan fingerprint density at radius 1 is 1.12 bits per heavy atom. The molecule has 8 heteroatoms. The number of hydrogen-bond acceptors (Lipinski definition) is 4. The quantitative estimate of drug-likeness (QED) is 0.749. The molecule has 0 radical (unpaired) electrons. The number of amides is 2. The molecule has 146 valence electrons. The van der Waals surface area contributed by atoms with Gasteiger partial charge in [0.25, 0.3) is 0 Å². The summed E-state index contributed by atoms with van der Waals surface area (Å²) in [5, 5.41) is 3.18. The third-order valence-corrected chi connectivity index (χ3v) is 5.54. The summed E-state index contributed by atoms with van der Waals surface area (Å²) >= 11 is 0. The number of nitrogens with one attached hydrogen (secondary N) is 1. The van der Waals surface area contributed by atoms with E-state index in [1.807, 2.05) is 4.90 Å². The number of carbonyl (C=O) groups is 2. The molecular weight excluding hydrogens is 363 g/mol. The van der Waals surface area contributed by atoms with Gasteiger partial charge in [-0.3, -0.25) is 14.5 Å². The van der Waals surface area contributed by atoms with Crippen molar-refractivity contribution in [1.82, 2.24) is 15.1 Å². The van der Waals surface area contributed by atoms with Crippen molar-refractivity contribution < 1.29 is 9.59 Å². The van der Waals surface area contributed by atoms with E-state index >= 15 is 0 Å². The molecule has 2 unspecified atom stereocenters. The first kappa shape index (κ1) is 22.5. The maximum Gasteiger partial charge on any atom is 0.242 e. The van der Waals surface area contributed by atoms with Crippen LogP contribution in [0.1, 0.15) is 45.4 Å². The molecule has 2 aliphatic carbocycles. The van der Waals surface area contributed by atoms with Gasteiger partial charge in [0.1, 0.15) is 0 Å². The van der Waals surface area contributed by atoms with E-state index in [2.05, 4.69) is 17.1 Å². The van der Waals surface area contributed by atoms with Crippen molar-refractivity contribution in [3.63, 3.8) is 0 Å². The van der Waals surface area contributed by atoms with Crippen molar-refractivity contribution >= 4 is 36.6 Å². The van der Waals surface area contributed by atoms with Gasteiger partial charge in [-0.15, -0.1) is 24.8 Å². The zero-order valence-corrected chi connectivity index (χ0v) is 16.7. The largest absolute Gasteiger partial charge is 0.352 e. The fourth-order valence-electron chi connectivity index (χ4n) is 3.81. The monoisotopic (exact) mass is 394 g/mol. The van der Waals surface area contributed by atoms with E-state index in [9.17, 15) is 9.59 Å². The van der Waals surface area contributed by atoms with Gasteiger partial charge in [-0.25, -0.2) is 0 Å². The lowest BCUT2D eigenvalue weighted by molar-refractivity contribution is -0.135. The lowest BCUT2D eigenvalue weighted by Crippen LogP contribution is -2.55. The molecule has 3 rings (SSSR count). The van der Waals surface area contributed by atoms with Crippen LogP contribution in [0.15, 0.2) is 0 Å². The van der Waals surface area contributed by atoms with Crippen LogP contribution in [-0.4, -0.2) is 65.9 Å². The van der Waals surface area contributed by atoms with Gasteiger partial charge in [0.05, 0.1) is 12.1 Å². The molecule has 1 aliphatic heterocycles. The third kappa shape index (κ3) is 5.98. The normalized spacial score (nSPS) is 28.3. The van der Waals surface area contributed by atoms with Crippen LogP contribution in [-0.2, 0) is 9.59 Å². The Balaban J connectivity index is 0.00000156. The third-order valence-electron chi connectivity index (χ3n) is 5.54. The highest BCUT2D eigenvalue weighted by atomic mass is 35.5. The molecule has 1 saturated heterocycles. The molecule has 25 heavy (non-hydrogen) atoms. The lowest BCUT2D eigenvalue weighted by Gasteiger charge is -2.36. The molecule has 3 fully saturated rings. The van der Waals surface area contributed by atoms with Crippen LogP contribution in [0.4, 0.5) is 0 Å². The average Bonchev–Trinajstić information content (AvgIpc) is 3.26. The molecule has 2 saturated carbocycles. The van der Waals surface area contributed by atoms with Crippen LogP contribution in [0.2, 0.25) is 0 Å². The van der Waals surface area contributed by atoms with Gasteiger partial charge >= 0.3 is 0 Å². The van der Waals surface area contributed by atoms with Gasteiger partial charge in [-0.05, 0) is 31.6 Å². The molecule has 3 N–H and O–H groups in total. The summed E-state index contributed by atoms with van der Waals surface area (Å²) in [6, 6.07) is 0.348. The van der Waals surface area contributed by atoms with E-state index in [0.29, 0.717) is 25.7 Å². The van der Waals surface area contributed by atoms with Crippen LogP contribution < -0.4 is 11.1 Å². The van der Waals surface area contributed by atoms with Crippen LogP contribution >= 0.6 is 24.8 Å². The Labute approximate surface area is 163 Å². The summed E-state index contributed by atoms with van der Waals surface area (Å²) in [4.78, 5) is 28.4. The number of nitrogens with two attached hydrogens (primary N) is 1. The Morgan fingerprint density at radius 3 is 2.32 bits per heavy atom. The zero-order chi connectivity index (χ0) is 16.4.